The van der Waals surface area contributed by atoms with Crippen molar-refractivity contribution in [2.45, 2.75) is 39.3 Å². The number of hydrogen-bond acceptors (Lipinski definition) is 3. The first-order chi connectivity index (χ1) is 6.39. The number of rotatable bonds is 3. The Morgan fingerprint density at radius 3 is 2.50 bits per heavy atom. The predicted octanol–water partition coefficient (Wildman–Crippen LogP) is 1.45. The number of carbonyl (C=O) groups is 1. The molecule has 1 unspecified atom stereocenters. The molecule has 0 spiro atoms. The summed E-state index contributed by atoms with van der Waals surface area (Å²) >= 11 is 0. The number of aliphatic hydroxyl groups excluding tert-OH is 1. The molecule has 0 bridgehead atoms. The van der Waals surface area contributed by atoms with Crippen LogP contribution in [0.1, 0.15) is 27.7 Å². The molecule has 4 heteroatoms. The molecule has 14 heavy (non-hydrogen) atoms. The summed E-state index contributed by atoms with van der Waals surface area (Å²) in [5.41, 5.74) is -0.514. The van der Waals surface area contributed by atoms with Crippen LogP contribution in [0.4, 0.5) is 4.79 Å². The highest BCUT2D eigenvalue weighted by molar-refractivity contribution is 5.68. The molecule has 0 aliphatic carbocycles. The van der Waals surface area contributed by atoms with Crippen LogP contribution in [-0.2, 0) is 4.74 Å². The third-order valence-electron chi connectivity index (χ3n) is 1.32. The van der Waals surface area contributed by atoms with Gasteiger partial charge in [-0.1, -0.05) is 12.2 Å². The van der Waals surface area contributed by atoms with Gasteiger partial charge in [-0.15, -0.1) is 0 Å². The molecule has 1 amide bonds. The smallest absolute Gasteiger partial charge is 0.408 e. The molecule has 0 fully saturated rings. The Hall–Kier alpha value is -1.03. The lowest BCUT2D eigenvalue weighted by molar-refractivity contribution is 0.0498. The predicted molar refractivity (Wildman–Crippen MR) is 55.1 cm³/mol. The van der Waals surface area contributed by atoms with Crippen LogP contribution in [0.2, 0.25) is 0 Å². The zero-order chi connectivity index (χ0) is 11.2. The van der Waals surface area contributed by atoms with Crippen LogP contribution < -0.4 is 5.32 Å². The third kappa shape index (κ3) is 6.48. The third-order valence-corrected chi connectivity index (χ3v) is 1.32. The fourth-order valence-electron chi connectivity index (χ4n) is 0.846. The van der Waals surface area contributed by atoms with Gasteiger partial charge in [0.25, 0.3) is 0 Å². The number of aliphatic hydroxyl groups is 1. The van der Waals surface area contributed by atoms with Crippen LogP contribution in [-0.4, -0.2) is 29.4 Å². The zero-order valence-electron chi connectivity index (χ0n) is 9.20. The largest absolute Gasteiger partial charge is 0.444 e. The highest BCUT2D eigenvalue weighted by Gasteiger charge is 2.17. The van der Waals surface area contributed by atoms with Gasteiger partial charge in [0.15, 0.2) is 0 Å². The maximum absolute atomic E-state index is 11.2. The van der Waals surface area contributed by atoms with E-state index in [9.17, 15) is 4.79 Å². The van der Waals surface area contributed by atoms with Crippen molar-refractivity contribution in [1.29, 1.82) is 0 Å². The monoisotopic (exact) mass is 201 g/mol. The van der Waals surface area contributed by atoms with Gasteiger partial charge in [-0.3, -0.25) is 0 Å². The van der Waals surface area contributed by atoms with Gasteiger partial charge in [-0.25, -0.2) is 4.79 Å². The molecule has 0 saturated carbocycles. The van der Waals surface area contributed by atoms with E-state index in [1.54, 1.807) is 32.9 Å². The lowest BCUT2D eigenvalue weighted by Crippen LogP contribution is -2.39. The molecule has 0 saturated heterocycles. The number of nitrogens with one attached hydrogen (secondary N) is 1. The van der Waals surface area contributed by atoms with Crippen LogP contribution in [0.15, 0.2) is 12.2 Å². The van der Waals surface area contributed by atoms with Crippen molar-refractivity contribution in [2.75, 3.05) is 6.61 Å². The minimum Gasteiger partial charge on any atom is -0.444 e. The van der Waals surface area contributed by atoms with Crippen molar-refractivity contribution in [3.63, 3.8) is 0 Å². The molecular weight excluding hydrogens is 182 g/mol. The Balaban J connectivity index is 4.04. The maximum Gasteiger partial charge on any atom is 0.408 e. The summed E-state index contributed by atoms with van der Waals surface area (Å²) in [6.07, 6.45) is 2.94. The molecule has 0 aliphatic rings. The lowest BCUT2D eigenvalue weighted by atomic mass is 10.2. The van der Waals surface area contributed by atoms with E-state index in [0.29, 0.717) is 0 Å². The first kappa shape index (κ1) is 13.0. The molecule has 0 aliphatic heterocycles. The Morgan fingerprint density at radius 1 is 1.57 bits per heavy atom. The summed E-state index contributed by atoms with van der Waals surface area (Å²) in [5.74, 6) is 0. The van der Waals surface area contributed by atoms with Crippen molar-refractivity contribution in [3.8, 4) is 0 Å². The summed E-state index contributed by atoms with van der Waals surface area (Å²) in [6, 6.07) is -0.380. The van der Waals surface area contributed by atoms with Gasteiger partial charge >= 0.3 is 6.09 Å². The second kappa shape index (κ2) is 5.65. The van der Waals surface area contributed by atoms with Crippen LogP contribution in [0.3, 0.4) is 0 Å². The molecule has 0 rings (SSSR count). The van der Waals surface area contributed by atoms with Gasteiger partial charge in [0.2, 0.25) is 0 Å². The van der Waals surface area contributed by atoms with E-state index in [1.807, 2.05) is 6.92 Å². The van der Waals surface area contributed by atoms with Gasteiger partial charge in [-0.05, 0) is 27.7 Å². The molecule has 1 atom stereocenters. The maximum atomic E-state index is 11.2. The fraction of sp³-hybridized carbons (Fsp3) is 0.700. The van der Waals surface area contributed by atoms with Crippen molar-refractivity contribution < 1.29 is 14.6 Å². The minimum absolute atomic E-state index is 0.135. The van der Waals surface area contributed by atoms with Crippen LogP contribution in [0.25, 0.3) is 0 Å². The van der Waals surface area contributed by atoms with E-state index in [2.05, 4.69) is 5.32 Å². The van der Waals surface area contributed by atoms with E-state index in [4.69, 9.17) is 9.84 Å². The standard InChI is InChI=1S/C10H19NO3/c1-5-6-8(7-12)11-9(13)14-10(2,3)4/h5-6,8,12H,7H2,1-4H3,(H,11,13). The fourth-order valence-corrected chi connectivity index (χ4v) is 0.846. The van der Waals surface area contributed by atoms with Crippen molar-refractivity contribution in [1.82, 2.24) is 5.32 Å². The van der Waals surface area contributed by atoms with Gasteiger partial charge in [0.05, 0.1) is 12.6 Å². The Morgan fingerprint density at radius 2 is 2.14 bits per heavy atom. The number of carbonyl (C=O) groups excluding carboxylic acids is 1. The van der Waals surface area contributed by atoms with E-state index in [1.165, 1.54) is 0 Å². The Kier molecular flexibility index (Phi) is 5.23. The molecule has 4 nitrogen and oxygen atoms in total. The molecule has 0 radical (unpaired) electrons. The molecule has 0 aromatic carbocycles. The van der Waals surface area contributed by atoms with Gasteiger partial charge in [0, 0.05) is 0 Å². The number of ether oxygens (including phenoxy) is 1. The summed E-state index contributed by atoms with van der Waals surface area (Å²) in [6.45, 7) is 7.05. The van der Waals surface area contributed by atoms with E-state index in [-0.39, 0.29) is 12.6 Å². The highest BCUT2D eigenvalue weighted by Crippen LogP contribution is 2.06. The molecule has 82 valence electrons. The second-order valence-electron chi connectivity index (χ2n) is 3.96. The lowest BCUT2D eigenvalue weighted by Gasteiger charge is -2.21. The first-order valence-electron chi connectivity index (χ1n) is 4.62. The van der Waals surface area contributed by atoms with E-state index >= 15 is 0 Å². The topological polar surface area (TPSA) is 58.6 Å². The Bertz CT molecular complexity index is 206. The second-order valence-corrected chi connectivity index (χ2v) is 3.96. The molecule has 0 heterocycles. The minimum atomic E-state index is -0.519. The summed E-state index contributed by atoms with van der Waals surface area (Å²) in [5, 5.41) is 11.4. The summed E-state index contributed by atoms with van der Waals surface area (Å²) in [4.78, 5) is 11.2. The molecule has 0 aromatic rings. The molecule has 2 N–H and O–H groups in total. The Labute approximate surface area is 85.0 Å². The quantitative estimate of drug-likeness (QED) is 0.679. The van der Waals surface area contributed by atoms with Gasteiger partial charge in [0.1, 0.15) is 5.60 Å². The van der Waals surface area contributed by atoms with Crippen LogP contribution in [0, 0.1) is 0 Å². The van der Waals surface area contributed by atoms with Crippen molar-refractivity contribution in [2.24, 2.45) is 0 Å². The van der Waals surface area contributed by atoms with Crippen LogP contribution >= 0.6 is 0 Å². The number of alkyl carbamates (subject to hydrolysis) is 1. The SMILES string of the molecule is CC=CC(CO)NC(=O)OC(C)(C)C. The zero-order valence-corrected chi connectivity index (χ0v) is 9.20. The van der Waals surface area contributed by atoms with Crippen LogP contribution in [0.5, 0.6) is 0 Å². The normalized spacial score (nSPS) is 14.1. The van der Waals surface area contributed by atoms with E-state index < -0.39 is 11.7 Å². The van der Waals surface area contributed by atoms with Gasteiger partial charge < -0.3 is 15.2 Å². The first-order valence-corrected chi connectivity index (χ1v) is 4.62. The summed E-state index contributed by atoms with van der Waals surface area (Å²) in [7, 11) is 0. The number of allylic oxidation sites excluding steroid dienone is 1. The summed E-state index contributed by atoms with van der Waals surface area (Å²) < 4.78 is 5.02. The average Bonchev–Trinajstić information content (AvgIpc) is 2.00. The average molecular weight is 201 g/mol. The highest BCUT2D eigenvalue weighted by atomic mass is 16.6. The molecule has 0 aromatic heterocycles. The number of hydrogen-bond donors (Lipinski definition) is 2. The van der Waals surface area contributed by atoms with Gasteiger partial charge in [-0.2, -0.15) is 0 Å². The van der Waals surface area contributed by atoms with Crippen molar-refractivity contribution >= 4 is 6.09 Å². The molecular formula is C10H19NO3. The number of amides is 1. The van der Waals surface area contributed by atoms with Crippen molar-refractivity contribution in [3.05, 3.63) is 12.2 Å². The van der Waals surface area contributed by atoms with E-state index in [0.717, 1.165) is 0 Å².